The van der Waals surface area contributed by atoms with E-state index in [1.54, 1.807) is 13.3 Å². The summed E-state index contributed by atoms with van der Waals surface area (Å²) in [6.45, 7) is 1.74. The lowest BCUT2D eigenvalue weighted by molar-refractivity contribution is 0.412. The highest BCUT2D eigenvalue weighted by molar-refractivity contribution is 5.93. The van der Waals surface area contributed by atoms with Gasteiger partial charge in [-0.05, 0) is 41.5 Å². The van der Waals surface area contributed by atoms with Crippen molar-refractivity contribution in [1.82, 2.24) is 29.8 Å². The molecule has 0 fully saturated rings. The van der Waals surface area contributed by atoms with Gasteiger partial charge in [-0.2, -0.15) is 0 Å². The van der Waals surface area contributed by atoms with E-state index in [0.29, 0.717) is 0 Å². The molecule has 1 aliphatic heterocycles. The second-order valence-electron chi connectivity index (χ2n) is 7.17. The van der Waals surface area contributed by atoms with E-state index in [2.05, 4.69) is 48.0 Å². The van der Waals surface area contributed by atoms with Gasteiger partial charge in [0, 0.05) is 36.4 Å². The number of nitrogens with zero attached hydrogens (tertiary/aromatic N) is 4. The van der Waals surface area contributed by atoms with E-state index in [9.17, 15) is 0 Å². The number of benzene rings is 1. The van der Waals surface area contributed by atoms with Crippen LogP contribution in [0.5, 0.6) is 5.75 Å². The molecule has 142 valence electrons. The number of methoxy groups -OCH3 is 1. The van der Waals surface area contributed by atoms with Crippen molar-refractivity contribution in [2.45, 2.75) is 13.1 Å². The van der Waals surface area contributed by atoms with Crippen LogP contribution >= 0.6 is 0 Å². The molecule has 7 heteroatoms. The topological polar surface area (TPSA) is 80.7 Å². The maximum Gasteiger partial charge on any atom is 0.143 e. The van der Waals surface area contributed by atoms with Crippen LogP contribution in [0, 0.1) is 0 Å². The average molecular weight is 382 g/mol. The Morgan fingerprint density at radius 3 is 2.83 bits per heavy atom. The van der Waals surface area contributed by atoms with Crippen LogP contribution in [0.25, 0.3) is 39.0 Å². The standard InChI is InChI=1S/C22H18N6O/c1-29-21-7-14-10-23-9-13(14)6-20(21)28-12-27-18-11-26-17(8-19(18)28)15-2-4-24-22-16(15)3-5-25-22/h2-8,11-12,23H,9-10H2,1H3,(H,24,25). The molecule has 7 nitrogen and oxygen atoms in total. The minimum Gasteiger partial charge on any atom is -0.495 e. The summed E-state index contributed by atoms with van der Waals surface area (Å²) in [6.07, 6.45) is 7.35. The molecule has 0 saturated carbocycles. The van der Waals surface area contributed by atoms with Crippen molar-refractivity contribution < 1.29 is 4.74 Å². The van der Waals surface area contributed by atoms with E-state index in [-0.39, 0.29) is 0 Å². The number of hydrogen-bond donors (Lipinski definition) is 2. The zero-order chi connectivity index (χ0) is 19.4. The van der Waals surface area contributed by atoms with Gasteiger partial charge in [0.15, 0.2) is 0 Å². The van der Waals surface area contributed by atoms with E-state index in [1.165, 1.54) is 11.1 Å². The smallest absolute Gasteiger partial charge is 0.143 e. The molecule has 0 atom stereocenters. The lowest BCUT2D eigenvalue weighted by Crippen LogP contribution is -2.00. The molecule has 0 unspecified atom stereocenters. The fraction of sp³-hybridized carbons (Fsp3) is 0.136. The number of aromatic nitrogens is 5. The number of imidazole rings is 1. The Bertz CT molecular complexity index is 1380. The number of ether oxygens (including phenoxy) is 1. The molecule has 0 bridgehead atoms. The molecule has 1 aromatic carbocycles. The van der Waals surface area contributed by atoms with Crippen LogP contribution in [-0.2, 0) is 13.1 Å². The highest BCUT2D eigenvalue weighted by atomic mass is 16.5. The summed E-state index contributed by atoms with van der Waals surface area (Å²) in [4.78, 5) is 16.8. The highest BCUT2D eigenvalue weighted by Gasteiger charge is 2.18. The van der Waals surface area contributed by atoms with Gasteiger partial charge in [-0.3, -0.25) is 9.55 Å². The van der Waals surface area contributed by atoms with Crippen molar-refractivity contribution in [3.05, 3.63) is 66.4 Å². The van der Waals surface area contributed by atoms with Crippen molar-refractivity contribution in [1.29, 1.82) is 0 Å². The summed E-state index contributed by atoms with van der Waals surface area (Å²) in [5.41, 5.74) is 8.16. The first-order valence-electron chi connectivity index (χ1n) is 9.48. The number of aromatic amines is 1. The van der Waals surface area contributed by atoms with Crippen molar-refractivity contribution >= 4 is 22.1 Å². The minimum atomic E-state index is 0.835. The van der Waals surface area contributed by atoms with Crippen LogP contribution in [0.3, 0.4) is 0 Å². The predicted molar refractivity (Wildman–Crippen MR) is 111 cm³/mol. The SMILES string of the molecule is COc1cc2c(cc1-n1cnc3cnc(-c4ccnc5[nH]ccc45)cc31)CNC2. The molecule has 0 saturated heterocycles. The Hall–Kier alpha value is -3.71. The van der Waals surface area contributed by atoms with E-state index in [4.69, 9.17) is 4.74 Å². The van der Waals surface area contributed by atoms with Crippen LogP contribution < -0.4 is 10.1 Å². The van der Waals surface area contributed by atoms with E-state index in [1.807, 2.05) is 30.9 Å². The molecule has 2 N–H and O–H groups in total. The van der Waals surface area contributed by atoms with Gasteiger partial charge >= 0.3 is 0 Å². The molecular formula is C22H18N6O. The Balaban J connectivity index is 1.57. The van der Waals surface area contributed by atoms with Gasteiger partial charge in [0.05, 0.1) is 30.2 Å². The second kappa shape index (κ2) is 6.15. The van der Waals surface area contributed by atoms with E-state index in [0.717, 1.165) is 57.9 Å². The second-order valence-corrected chi connectivity index (χ2v) is 7.17. The third-order valence-electron chi connectivity index (χ3n) is 5.56. The Morgan fingerprint density at radius 1 is 1.03 bits per heavy atom. The summed E-state index contributed by atoms with van der Waals surface area (Å²) in [7, 11) is 1.71. The summed E-state index contributed by atoms with van der Waals surface area (Å²) in [6, 6.07) is 10.4. The maximum atomic E-state index is 5.70. The van der Waals surface area contributed by atoms with Crippen molar-refractivity contribution in [2.75, 3.05) is 7.11 Å². The molecule has 0 spiro atoms. The number of nitrogens with one attached hydrogen (secondary N) is 2. The maximum absolute atomic E-state index is 5.70. The van der Waals surface area contributed by atoms with Crippen molar-refractivity contribution in [3.63, 3.8) is 0 Å². The lowest BCUT2D eigenvalue weighted by Gasteiger charge is -2.13. The first kappa shape index (κ1) is 16.3. The molecule has 0 radical (unpaired) electrons. The highest BCUT2D eigenvalue weighted by Crippen LogP contribution is 2.33. The average Bonchev–Trinajstić information content (AvgIpc) is 3.50. The zero-order valence-electron chi connectivity index (χ0n) is 15.8. The third kappa shape index (κ3) is 2.44. The molecule has 6 rings (SSSR count). The number of hydrogen-bond acceptors (Lipinski definition) is 5. The van der Waals surface area contributed by atoms with Gasteiger partial charge < -0.3 is 15.0 Å². The monoisotopic (exact) mass is 382 g/mol. The molecule has 29 heavy (non-hydrogen) atoms. The van der Waals surface area contributed by atoms with Gasteiger partial charge in [0.1, 0.15) is 23.2 Å². The van der Waals surface area contributed by atoms with Crippen LogP contribution in [0.1, 0.15) is 11.1 Å². The minimum absolute atomic E-state index is 0.835. The molecular weight excluding hydrogens is 364 g/mol. The van der Waals surface area contributed by atoms with Crippen LogP contribution in [0.15, 0.2) is 55.2 Å². The van der Waals surface area contributed by atoms with E-state index >= 15 is 0 Å². The third-order valence-corrected chi connectivity index (χ3v) is 5.56. The van der Waals surface area contributed by atoms with E-state index < -0.39 is 0 Å². The molecule has 4 aromatic heterocycles. The van der Waals surface area contributed by atoms with Gasteiger partial charge in [0.25, 0.3) is 0 Å². The van der Waals surface area contributed by atoms with Crippen LogP contribution in [0.2, 0.25) is 0 Å². The lowest BCUT2D eigenvalue weighted by atomic mass is 10.1. The molecule has 5 heterocycles. The quantitative estimate of drug-likeness (QED) is 0.499. The van der Waals surface area contributed by atoms with Gasteiger partial charge in [-0.25, -0.2) is 9.97 Å². The molecule has 0 amide bonds. The normalized spacial score (nSPS) is 13.3. The summed E-state index contributed by atoms with van der Waals surface area (Å²) in [5.74, 6) is 0.835. The number of pyridine rings is 2. The Labute approximate surface area is 166 Å². The van der Waals surface area contributed by atoms with Crippen molar-refractivity contribution in [3.8, 4) is 22.7 Å². The summed E-state index contributed by atoms with van der Waals surface area (Å²) >= 11 is 0. The predicted octanol–water partition coefficient (Wildman–Crippen LogP) is 3.58. The first-order chi connectivity index (χ1) is 14.3. The summed E-state index contributed by atoms with van der Waals surface area (Å²) < 4.78 is 7.78. The fourth-order valence-electron chi connectivity index (χ4n) is 4.10. The van der Waals surface area contributed by atoms with Crippen LogP contribution in [-0.4, -0.2) is 31.6 Å². The molecule has 0 aliphatic carbocycles. The fourth-order valence-corrected chi connectivity index (χ4v) is 4.10. The Morgan fingerprint density at radius 2 is 1.93 bits per heavy atom. The number of rotatable bonds is 3. The molecule has 5 aromatic rings. The largest absolute Gasteiger partial charge is 0.495 e. The van der Waals surface area contributed by atoms with Crippen molar-refractivity contribution in [2.24, 2.45) is 0 Å². The van der Waals surface area contributed by atoms with Crippen LogP contribution in [0.4, 0.5) is 0 Å². The van der Waals surface area contributed by atoms with Gasteiger partial charge in [0.2, 0.25) is 0 Å². The number of fused-ring (bicyclic) bond motifs is 3. The first-order valence-corrected chi connectivity index (χ1v) is 9.48. The van der Waals surface area contributed by atoms with Gasteiger partial charge in [-0.15, -0.1) is 0 Å². The number of H-pyrrole nitrogens is 1. The zero-order valence-corrected chi connectivity index (χ0v) is 15.8. The van der Waals surface area contributed by atoms with Gasteiger partial charge in [-0.1, -0.05) is 0 Å². The molecule has 1 aliphatic rings. The Kier molecular flexibility index (Phi) is 3.45. The summed E-state index contributed by atoms with van der Waals surface area (Å²) in [5, 5.41) is 4.44.